The first-order chi connectivity index (χ1) is 11.8. The number of pyridine rings is 1. The molecule has 0 bridgehead atoms. The molecule has 2 heteroatoms. The molecule has 1 aromatic heterocycles. The molecule has 1 heterocycles. The number of halogens is 1. The van der Waals surface area contributed by atoms with E-state index in [4.69, 9.17) is 11.6 Å². The van der Waals surface area contributed by atoms with Crippen LogP contribution in [-0.4, -0.2) is 4.98 Å². The van der Waals surface area contributed by atoms with Gasteiger partial charge in [-0.05, 0) is 67.7 Å². The lowest BCUT2D eigenvalue weighted by Gasteiger charge is -2.27. The monoisotopic (exact) mass is 339 g/mol. The summed E-state index contributed by atoms with van der Waals surface area (Å²) in [6.45, 7) is 2.24. The van der Waals surface area contributed by atoms with Crippen LogP contribution in [0.5, 0.6) is 0 Å². The molecule has 0 spiro atoms. The van der Waals surface area contributed by atoms with Gasteiger partial charge in [0.25, 0.3) is 0 Å². The van der Waals surface area contributed by atoms with Crippen molar-refractivity contribution in [3.8, 4) is 11.3 Å². The van der Waals surface area contributed by atoms with Crippen molar-refractivity contribution in [2.75, 3.05) is 0 Å². The van der Waals surface area contributed by atoms with Gasteiger partial charge in [-0.3, -0.25) is 4.98 Å². The lowest BCUT2D eigenvalue weighted by Crippen LogP contribution is -2.12. The summed E-state index contributed by atoms with van der Waals surface area (Å²) < 4.78 is 0. The standard InChI is InChI=1S/C22H26ClN/c1-2-3-4-5-17-6-8-18(9-7-17)20-12-15-22(24-16-20)19-10-13-21(23)14-11-19/h4-5,10-18H,2-3,6-9H2,1H3. The zero-order valence-electron chi connectivity index (χ0n) is 14.4. The van der Waals surface area contributed by atoms with Crippen LogP contribution in [0.4, 0.5) is 0 Å². The largest absolute Gasteiger partial charge is 0.256 e. The average molecular weight is 340 g/mol. The molecule has 2 aromatic rings. The summed E-state index contributed by atoms with van der Waals surface area (Å²) in [5, 5.41) is 0.764. The number of aromatic nitrogens is 1. The summed E-state index contributed by atoms with van der Waals surface area (Å²) in [7, 11) is 0. The van der Waals surface area contributed by atoms with Crippen LogP contribution >= 0.6 is 11.6 Å². The lowest BCUT2D eigenvalue weighted by atomic mass is 9.79. The second-order valence-corrected chi connectivity index (χ2v) is 7.25. The van der Waals surface area contributed by atoms with Gasteiger partial charge in [-0.1, -0.05) is 55.3 Å². The maximum atomic E-state index is 5.95. The Morgan fingerprint density at radius 3 is 2.42 bits per heavy atom. The predicted molar refractivity (Wildman–Crippen MR) is 103 cm³/mol. The summed E-state index contributed by atoms with van der Waals surface area (Å²) in [5.74, 6) is 1.46. The molecule has 0 N–H and O–H groups in total. The molecule has 0 unspecified atom stereocenters. The van der Waals surface area contributed by atoms with Gasteiger partial charge in [0.15, 0.2) is 0 Å². The van der Waals surface area contributed by atoms with E-state index in [0.29, 0.717) is 5.92 Å². The topological polar surface area (TPSA) is 12.9 Å². The number of nitrogens with zero attached hydrogens (tertiary/aromatic N) is 1. The van der Waals surface area contributed by atoms with Gasteiger partial charge in [0, 0.05) is 16.8 Å². The first kappa shape index (κ1) is 17.2. The molecule has 1 aliphatic carbocycles. The fraction of sp³-hybridized carbons (Fsp3) is 0.409. The highest BCUT2D eigenvalue weighted by Gasteiger charge is 2.21. The van der Waals surface area contributed by atoms with E-state index in [2.05, 4.69) is 42.4 Å². The molecule has 1 saturated carbocycles. The van der Waals surface area contributed by atoms with Crippen molar-refractivity contribution < 1.29 is 0 Å². The molecule has 1 fully saturated rings. The Balaban J connectivity index is 1.59. The van der Waals surface area contributed by atoms with Crippen molar-refractivity contribution in [3.05, 3.63) is 65.3 Å². The number of rotatable bonds is 5. The van der Waals surface area contributed by atoms with E-state index < -0.39 is 0 Å². The van der Waals surface area contributed by atoms with Gasteiger partial charge in [-0.2, -0.15) is 0 Å². The predicted octanol–water partition coefficient (Wildman–Crippen LogP) is 7.03. The lowest BCUT2D eigenvalue weighted by molar-refractivity contribution is 0.375. The molecule has 0 atom stereocenters. The van der Waals surface area contributed by atoms with E-state index in [-0.39, 0.29) is 0 Å². The van der Waals surface area contributed by atoms with Crippen LogP contribution in [0.3, 0.4) is 0 Å². The van der Waals surface area contributed by atoms with Crippen LogP contribution in [0.25, 0.3) is 11.3 Å². The van der Waals surface area contributed by atoms with Crippen LogP contribution < -0.4 is 0 Å². The molecular formula is C22H26ClN. The Morgan fingerprint density at radius 2 is 1.79 bits per heavy atom. The summed E-state index contributed by atoms with van der Waals surface area (Å²) in [4.78, 5) is 4.68. The van der Waals surface area contributed by atoms with Gasteiger partial charge >= 0.3 is 0 Å². The minimum Gasteiger partial charge on any atom is -0.256 e. The van der Waals surface area contributed by atoms with E-state index in [1.807, 2.05) is 24.3 Å². The van der Waals surface area contributed by atoms with Gasteiger partial charge < -0.3 is 0 Å². The maximum absolute atomic E-state index is 5.95. The minimum atomic E-state index is 0.674. The van der Waals surface area contributed by atoms with Crippen molar-refractivity contribution in [1.29, 1.82) is 0 Å². The maximum Gasteiger partial charge on any atom is 0.0702 e. The quantitative estimate of drug-likeness (QED) is 0.533. The van der Waals surface area contributed by atoms with Crippen LogP contribution in [0, 0.1) is 5.92 Å². The average Bonchev–Trinajstić information content (AvgIpc) is 2.63. The van der Waals surface area contributed by atoms with Crippen molar-refractivity contribution >= 4 is 11.6 Å². The van der Waals surface area contributed by atoms with E-state index in [9.17, 15) is 0 Å². The first-order valence-corrected chi connectivity index (χ1v) is 9.52. The Labute approximate surface area is 150 Å². The molecular weight excluding hydrogens is 314 g/mol. The van der Waals surface area contributed by atoms with Crippen LogP contribution in [0.2, 0.25) is 5.02 Å². The SMILES string of the molecule is CCCC=CC1CCC(c2ccc(-c3ccc(Cl)cc3)nc2)CC1. The van der Waals surface area contributed by atoms with Crippen LogP contribution in [0.15, 0.2) is 54.7 Å². The first-order valence-electron chi connectivity index (χ1n) is 9.15. The molecule has 1 aliphatic rings. The summed E-state index contributed by atoms with van der Waals surface area (Å²) in [6, 6.07) is 12.3. The number of hydrogen-bond donors (Lipinski definition) is 0. The number of benzene rings is 1. The van der Waals surface area contributed by atoms with E-state index in [0.717, 1.165) is 22.2 Å². The van der Waals surface area contributed by atoms with Crippen LogP contribution in [-0.2, 0) is 0 Å². The molecule has 0 radical (unpaired) electrons. The van der Waals surface area contributed by atoms with Crippen molar-refractivity contribution in [1.82, 2.24) is 4.98 Å². The summed E-state index contributed by atoms with van der Waals surface area (Å²) >= 11 is 5.95. The van der Waals surface area contributed by atoms with Crippen molar-refractivity contribution in [3.63, 3.8) is 0 Å². The van der Waals surface area contributed by atoms with Gasteiger partial charge in [0.05, 0.1) is 5.69 Å². The highest BCUT2D eigenvalue weighted by molar-refractivity contribution is 6.30. The Bertz CT molecular complexity index is 649. The van der Waals surface area contributed by atoms with E-state index >= 15 is 0 Å². The molecule has 24 heavy (non-hydrogen) atoms. The second kappa shape index (κ2) is 8.48. The molecule has 0 aliphatic heterocycles. The fourth-order valence-corrected chi connectivity index (χ4v) is 3.66. The molecule has 1 nitrogen and oxygen atoms in total. The Hall–Kier alpha value is -1.60. The number of hydrogen-bond acceptors (Lipinski definition) is 1. The van der Waals surface area contributed by atoms with E-state index in [1.54, 1.807) is 0 Å². The zero-order chi connectivity index (χ0) is 16.8. The van der Waals surface area contributed by atoms with Crippen molar-refractivity contribution in [2.45, 2.75) is 51.4 Å². The molecule has 126 valence electrons. The van der Waals surface area contributed by atoms with Gasteiger partial charge in [-0.25, -0.2) is 0 Å². The van der Waals surface area contributed by atoms with Crippen LogP contribution in [0.1, 0.15) is 56.9 Å². The second-order valence-electron chi connectivity index (χ2n) is 6.81. The van der Waals surface area contributed by atoms with Gasteiger partial charge in [0.1, 0.15) is 0 Å². The number of allylic oxidation sites excluding steroid dienone is 2. The Kier molecular flexibility index (Phi) is 6.09. The number of unbranched alkanes of at least 4 members (excludes halogenated alkanes) is 1. The smallest absolute Gasteiger partial charge is 0.0702 e. The third-order valence-electron chi connectivity index (χ3n) is 5.03. The normalized spacial score (nSPS) is 21.2. The zero-order valence-corrected chi connectivity index (χ0v) is 15.2. The van der Waals surface area contributed by atoms with Gasteiger partial charge in [-0.15, -0.1) is 0 Å². The minimum absolute atomic E-state index is 0.674. The molecule has 0 saturated heterocycles. The van der Waals surface area contributed by atoms with Gasteiger partial charge in [0.2, 0.25) is 0 Å². The molecule has 0 amide bonds. The fourth-order valence-electron chi connectivity index (χ4n) is 3.54. The highest BCUT2D eigenvalue weighted by Crippen LogP contribution is 2.36. The highest BCUT2D eigenvalue weighted by atomic mass is 35.5. The summed E-state index contributed by atoms with van der Waals surface area (Å²) in [5.41, 5.74) is 3.53. The van der Waals surface area contributed by atoms with Crippen molar-refractivity contribution in [2.24, 2.45) is 5.92 Å². The Morgan fingerprint density at radius 1 is 1.04 bits per heavy atom. The molecule has 1 aromatic carbocycles. The third-order valence-corrected chi connectivity index (χ3v) is 5.29. The summed E-state index contributed by atoms with van der Waals surface area (Å²) in [6.07, 6.45) is 14.5. The van der Waals surface area contributed by atoms with E-state index in [1.165, 1.54) is 44.1 Å². The third kappa shape index (κ3) is 4.48. The molecule has 3 rings (SSSR count).